The van der Waals surface area contributed by atoms with Crippen molar-refractivity contribution in [3.05, 3.63) is 46.2 Å². The molecule has 0 aliphatic heterocycles. The molecule has 0 bridgehead atoms. The molecule has 4 N–H and O–H groups in total. The zero-order valence-electron chi connectivity index (χ0n) is 11.8. The molecular formula is C15H17N3O2S. The van der Waals surface area contributed by atoms with E-state index in [1.807, 2.05) is 30.5 Å². The number of nitrogens with one attached hydrogen (secondary N) is 2. The summed E-state index contributed by atoms with van der Waals surface area (Å²) in [5.41, 5.74) is 8.10. The fourth-order valence-electron chi connectivity index (χ4n) is 1.85. The Labute approximate surface area is 127 Å². The van der Waals surface area contributed by atoms with Crippen molar-refractivity contribution < 1.29 is 9.59 Å². The van der Waals surface area contributed by atoms with Gasteiger partial charge in [-0.2, -0.15) is 0 Å². The molecule has 1 aromatic heterocycles. The van der Waals surface area contributed by atoms with Crippen LogP contribution in [0.15, 0.2) is 35.7 Å². The van der Waals surface area contributed by atoms with Gasteiger partial charge in [-0.05, 0) is 36.1 Å². The Morgan fingerprint density at radius 1 is 1.24 bits per heavy atom. The number of hydrogen-bond donors (Lipinski definition) is 3. The van der Waals surface area contributed by atoms with Crippen LogP contribution >= 0.6 is 11.3 Å². The van der Waals surface area contributed by atoms with E-state index < -0.39 is 6.04 Å². The van der Waals surface area contributed by atoms with Crippen molar-refractivity contribution in [2.24, 2.45) is 5.73 Å². The van der Waals surface area contributed by atoms with Gasteiger partial charge in [-0.1, -0.05) is 12.1 Å². The van der Waals surface area contributed by atoms with E-state index in [1.165, 1.54) is 18.3 Å². The molecule has 2 amide bonds. The minimum Gasteiger partial charge on any atom is -0.326 e. The average Bonchev–Trinajstić information content (AvgIpc) is 2.95. The van der Waals surface area contributed by atoms with Crippen LogP contribution < -0.4 is 16.4 Å². The number of thiophene rings is 1. The fourth-order valence-corrected chi connectivity index (χ4v) is 2.57. The van der Waals surface area contributed by atoms with Crippen LogP contribution in [0.1, 0.15) is 23.4 Å². The van der Waals surface area contributed by atoms with Crippen molar-refractivity contribution >= 4 is 34.5 Å². The van der Waals surface area contributed by atoms with Crippen molar-refractivity contribution in [1.82, 2.24) is 0 Å². The lowest BCUT2D eigenvalue weighted by molar-refractivity contribution is -0.117. The van der Waals surface area contributed by atoms with Crippen LogP contribution in [0.25, 0.3) is 0 Å². The summed E-state index contributed by atoms with van der Waals surface area (Å²) in [6.07, 6.45) is 0. The molecule has 0 aliphatic rings. The predicted octanol–water partition coefficient (Wildman–Crippen LogP) is 2.65. The van der Waals surface area contributed by atoms with Gasteiger partial charge in [0.2, 0.25) is 11.8 Å². The largest absolute Gasteiger partial charge is 0.326 e. The van der Waals surface area contributed by atoms with Crippen molar-refractivity contribution in [1.29, 1.82) is 0 Å². The first kappa shape index (κ1) is 15.2. The SMILES string of the molecule is CC(=O)Nc1ccc(C)c(NC(=O)C(N)c2cccs2)c1. The van der Waals surface area contributed by atoms with Gasteiger partial charge in [-0.15, -0.1) is 11.3 Å². The first-order valence-electron chi connectivity index (χ1n) is 6.45. The summed E-state index contributed by atoms with van der Waals surface area (Å²) >= 11 is 1.44. The van der Waals surface area contributed by atoms with E-state index in [4.69, 9.17) is 5.73 Å². The summed E-state index contributed by atoms with van der Waals surface area (Å²) < 4.78 is 0. The molecule has 5 nitrogen and oxygen atoms in total. The number of hydrogen-bond acceptors (Lipinski definition) is 4. The summed E-state index contributed by atoms with van der Waals surface area (Å²) in [5.74, 6) is -0.438. The zero-order valence-corrected chi connectivity index (χ0v) is 12.7. The van der Waals surface area contributed by atoms with Gasteiger partial charge in [-0.25, -0.2) is 0 Å². The number of nitrogens with two attached hydrogens (primary N) is 1. The number of benzene rings is 1. The first-order chi connectivity index (χ1) is 9.97. The Balaban J connectivity index is 2.14. The summed E-state index contributed by atoms with van der Waals surface area (Å²) in [6, 6.07) is 8.32. The highest BCUT2D eigenvalue weighted by Gasteiger charge is 2.17. The maximum atomic E-state index is 12.2. The highest BCUT2D eigenvalue weighted by atomic mass is 32.1. The molecule has 0 saturated heterocycles. The van der Waals surface area contributed by atoms with Crippen LogP contribution in [0, 0.1) is 6.92 Å². The third-order valence-corrected chi connectivity index (χ3v) is 3.90. The lowest BCUT2D eigenvalue weighted by Crippen LogP contribution is -2.27. The van der Waals surface area contributed by atoms with Gasteiger partial charge in [-0.3, -0.25) is 9.59 Å². The van der Waals surface area contributed by atoms with Gasteiger partial charge in [0, 0.05) is 23.2 Å². The number of aryl methyl sites for hydroxylation is 1. The Kier molecular flexibility index (Phi) is 4.72. The van der Waals surface area contributed by atoms with Gasteiger partial charge in [0.05, 0.1) is 0 Å². The highest BCUT2D eigenvalue weighted by molar-refractivity contribution is 7.10. The molecule has 6 heteroatoms. The van der Waals surface area contributed by atoms with E-state index in [9.17, 15) is 9.59 Å². The molecule has 1 unspecified atom stereocenters. The van der Waals surface area contributed by atoms with E-state index in [0.717, 1.165) is 10.4 Å². The molecule has 2 rings (SSSR count). The Morgan fingerprint density at radius 2 is 2.00 bits per heavy atom. The van der Waals surface area contributed by atoms with Crippen LogP contribution in [0.4, 0.5) is 11.4 Å². The number of carbonyl (C=O) groups is 2. The van der Waals surface area contributed by atoms with Crippen molar-refractivity contribution in [3.8, 4) is 0 Å². The van der Waals surface area contributed by atoms with E-state index >= 15 is 0 Å². The quantitative estimate of drug-likeness (QED) is 0.812. The van der Waals surface area contributed by atoms with E-state index in [2.05, 4.69) is 10.6 Å². The molecule has 0 aliphatic carbocycles. The zero-order chi connectivity index (χ0) is 15.4. The van der Waals surface area contributed by atoms with Crippen LogP contribution in [0.3, 0.4) is 0 Å². The number of carbonyl (C=O) groups excluding carboxylic acids is 2. The van der Waals surface area contributed by atoms with Crippen molar-refractivity contribution in [3.63, 3.8) is 0 Å². The molecule has 2 aromatic rings. The van der Waals surface area contributed by atoms with Gasteiger partial charge in [0.15, 0.2) is 0 Å². The van der Waals surface area contributed by atoms with Gasteiger partial charge < -0.3 is 16.4 Å². The molecule has 110 valence electrons. The summed E-state index contributed by atoms with van der Waals surface area (Å²) in [7, 11) is 0. The first-order valence-corrected chi connectivity index (χ1v) is 7.33. The van der Waals surface area contributed by atoms with Crippen LogP contribution in [0.2, 0.25) is 0 Å². The van der Waals surface area contributed by atoms with Gasteiger partial charge in [0.25, 0.3) is 0 Å². The summed E-state index contributed by atoms with van der Waals surface area (Å²) in [4.78, 5) is 24.1. The molecule has 0 fully saturated rings. The van der Waals surface area contributed by atoms with E-state index in [1.54, 1.807) is 12.1 Å². The van der Waals surface area contributed by atoms with E-state index in [-0.39, 0.29) is 11.8 Å². The Morgan fingerprint density at radius 3 is 2.62 bits per heavy atom. The van der Waals surface area contributed by atoms with Crippen LogP contribution in [-0.2, 0) is 9.59 Å². The fraction of sp³-hybridized carbons (Fsp3) is 0.200. The lowest BCUT2D eigenvalue weighted by atomic mass is 10.1. The minimum absolute atomic E-state index is 0.161. The predicted molar refractivity (Wildman–Crippen MR) is 85.4 cm³/mol. The Hall–Kier alpha value is -2.18. The normalized spacial score (nSPS) is 11.8. The minimum atomic E-state index is -0.700. The maximum Gasteiger partial charge on any atom is 0.246 e. The standard InChI is InChI=1S/C15H17N3O2S/c1-9-5-6-11(17-10(2)19)8-12(9)18-15(20)14(16)13-4-3-7-21-13/h3-8,14H,16H2,1-2H3,(H,17,19)(H,18,20). The lowest BCUT2D eigenvalue weighted by Gasteiger charge is -2.14. The third-order valence-electron chi connectivity index (χ3n) is 2.95. The number of rotatable bonds is 4. The van der Waals surface area contributed by atoms with Crippen LogP contribution in [-0.4, -0.2) is 11.8 Å². The van der Waals surface area contributed by atoms with Crippen molar-refractivity contribution in [2.45, 2.75) is 19.9 Å². The van der Waals surface area contributed by atoms with Crippen LogP contribution in [0.5, 0.6) is 0 Å². The Bertz CT molecular complexity index is 653. The molecule has 1 atom stereocenters. The average molecular weight is 303 g/mol. The molecular weight excluding hydrogens is 286 g/mol. The number of amides is 2. The van der Waals surface area contributed by atoms with Gasteiger partial charge >= 0.3 is 0 Å². The summed E-state index contributed by atoms with van der Waals surface area (Å²) in [6.45, 7) is 3.31. The second-order valence-corrected chi connectivity index (χ2v) is 5.67. The molecule has 0 radical (unpaired) electrons. The monoisotopic (exact) mass is 303 g/mol. The molecule has 0 spiro atoms. The smallest absolute Gasteiger partial charge is 0.246 e. The molecule has 21 heavy (non-hydrogen) atoms. The maximum absolute atomic E-state index is 12.2. The topological polar surface area (TPSA) is 84.2 Å². The second kappa shape index (κ2) is 6.51. The summed E-state index contributed by atoms with van der Waals surface area (Å²) in [5, 5.41) is 7.37. The number of anilines is 2. The highest BCUT2D eigenvalue weighted by Crippen LogP contribution is 2.23. The van der Waals surface area contributed by atoms with Crippen molar-refractivity contribution in [2.75, 3.05) is 10.6 Å². The molecule has 0 saturated carbocycles. The molecule has 1 aromatic carbocycles. The van der Waals surface area contributed by atoms with E-state index in [0.29, 0.717) is 11.4 Å². The molecule has 1 heterocycles. The third kappa shape index (κ3) is 3.90. The second-order valence-electron chi connectivity index (χ2n) is 4.69. The van der Waals surface area contributed by atoms with Gasteiger partial charge in [0.1, 0.15) is 6.04 Å².